The molecule has 3 aromatic rings. The van der Waals surface area contributed by atoms with Gasteiger partial charge in [-0.1, -0.05) is 6.07 Å². The highest BCUT2D eigenvalue weighted by Crippen LogP contribution is 2.32. The summed E-state index contributed by atoms with van der Waals surface area (Å²) < 4.78 is 16.5. The minimum Gasteiger partial charge on any atom is -0.497 e. The van der Waals surface area contributed by atoms with E-state index >= 15 is 0 Å². The van der Waals surface area contributed by atoms with Crippen molar-refractivity contribution in [3.63, 3.8) is 0 Å². The third-order valence-electron chi connectivity index (χ3n) is 5.38. The predicted molar refractivity (Wildman–Crippen MR) is 122 cm³/mol. The second-order valence-corrected chi connectivity index (χ2v) is 7.44. The molecule has 0 fully saturated rings. The van der Waals surface area contributed by atoms with Crippen molar-refractivity contribution in [3.8, 4) is 11.5 Å². The van der Waals surface area contributed by atoms with Crippen LogP contribution in [-0.2, 0) is 6.42 Å². The van der Waals surface area contributed by atoms with E-state index in [1.807, 2.05) is 6.92 Å². The molecule has 2 amide bonds. The van der Waals surface area contributed by atoms with Gasteiger partial charge < -0.3 is 19.2 Å². The Morgan fingerprint density at radius 1 is 1.09 bits per heavy atom. The van der Waals surface area contributed by atoms with Crippen molar-refractivity contribution >= 4 is 23.2 Å². The lowest BCUT2D eigenvalue weighted by Crippen LogP contribution is -2.22. The van der Waals surface area contributed by atoms with Gasteiger partial charge in [0, 0.05) is 29.8 Å². The molecule has 0 bridgehead atoms. The standard InChI is InChI=1S/C24H24N4O5/c1-14-21-17(27-28-23(29)18-7-4-5-12-25-18)8-6-9-19(21)33-22(14)24(30)26-16-11-10-15(31-2)13-20(16)32-3/h4-5,7,10-13H,6,8-9H2,1-3H3,(H,26,30)(H,28,29)/b27-17+. The van der Waals surface area contributed by atoms with Gasteiger partial charge in [-0.05, 0) is 44.0 Å². The Labute approximate surface area is 190 Å². The first kappa shape index (κ1) is 22.1. The average Bonchev–Trinajstić information content (AvgIpc) is 3.20. The van der Waals surface area contributed by atoms with Crippen LogP contribution < -0.4 is 20.2 Å². The normalized spacial score (nSPS) is 13.8. The minimum absolute atomic E-state index is 0.198. The molecule has 9 heteroatoms. The maximum absolute atomic E-state index is 13.0. The fourth-order valence-electron chi connectivity index (χ4n) is 3.75. The van der Waals surface area contributed by atoms with Crippen LogP contribution in [0.25, 0.3) is 0 Å². The van der Waals surface area contributed by atoms with E-state index in [-0.39, 0.29) is 11.5 Å². The Kier molecular flexibility index (Phi) is 6.39. The van der Waals surface area contributed by atoms with E-state index in [0.717, 1.165) is 12.0 Å². The van der Waals surface area contributed by atoms with Crippen molar-refractivity contribution in [2.75, 3.05) is 19.5 Å². The minimum atomic E-state index is -0.402. The van der Waals surface area contributed by atoms with E-state index < -0.39 is 11.8 Å². The molecule has 33 heavy (non-hydrogen) atoms. The van der Waals surface area contributed by atoms with Crippen LogP contribution in [0.3, 0.4) is 0 Å². The summed E-state index contributed by atoms with van der Waals surface area (Å²) in [5.74, 6) is 1.15. The summed E-state index contributed by atoms with van der Waals surface area (Å²) in [5.41, 5.74) is 5.42. The predicted octanol–water partition coefficient (Wildman–Crippen LogP) is 3.72. The Balaban J connectivity index is 1.57. The quantitative estimate of drug-likeness (QED) is 0.556. The zero-order chi connectivity index (χ0) is 23.4. The number of carbonyl (C=O) groups excluding carboxylic acids is 2. The second kappa shape index (κ2) is 9.56. The number of amides is 2. The maximum Gasteiger partial charge on any atom is 0.291 e. The van der Waals surface area contributed by atoms with Gasteiger partial charge in [-0.25, -0.2) is 5.43 Å². The van der Waals surface area contributed by atoms with Crippen LogP contribution >= 0.6 is 0 Å². The van der Waals surface area contributed by atoms with Gasteiger partial charge in [-0.15, -0.1) is 0 Å². The summed E-state index contributed by atoms with van der Waals surface area (Å²) in [5, 5.41) is 7.15. The van der Waals surface area contributed by atoms with Gasteiger partial charge in [-0.2, -0.15) is 5.10 Å². The number of ether oxygens (including phenoxy) is 2. The topological polar surface area (TPSA) is 115 Å². The van der Waals surface area contributed by atoms with Gasteiger partial charge in [0.15, 0.2) is 5.76 Å². The first-order chi connectivity index (χ1) is 16.0. The molecule has 1 aliphatic rings. The molecule has 1 aromatic carbocycles. The Morgan fingerprint density at radius 2 is 1.94 bits per heavy atom. The number of carbonyl (C=O) groups is 2. The van der Waals surface area contributed by atoms with Crippen molar-refractivity contribution in [1.82, 2.24) is 10.4 Å². The lowest BCUT2D eigenvalue weighted by atomic mass is 9.93. The molecule has 0 saturated carbocycles. The Bertz CT molecular complexity index is 1220. The number of hydrogen-bond donors (Lipinski definition) is 2. The number of aryl methyl sites for hydroxylation is 1. The number of hydrazone groups is 1. The summed E-state index contributed by atoms with van der Waals surface area (Å²) in [4.78, 5) is 29.4. The lowest BCUT2D eigenvalue weighted by Gasteiger charge is -2.13. The number of pyridine rings is 1. The van der Waals surface area contributed by atoms with E-state index in [2.05, 4.69) is 20.8 Å². The van der Waals surface area contributed by atoms with Gasteiger partial charge in [0.05, 0.1) is 25.6 Å². The molecule has 170 valence electrons. The van der Waals surface area contributed by atoms with Gasteiger partial charge in [0.1, 0.15) is 23.0 Å². The van der Waals surface area contributed by atoms with Crippen LogP contribution in [0.5, 0.6) is 11.5 Å². The van der Waals surface area contributed by atoms with Gasteiger partial charge in [0.2, 0.25) is 0 Å². The molecular weight excluding hydrogens is 424 g/mol. The summed E-state index contributed by atoms with van der Waals surface area (Å²) in [6.45, 7) is 1.81. The Hall–Kier alpha value is -4.14. The van der Waals surface area contributed by atoms with Crippen molar-refractivity contribution in [2.24, 2.45) is 5.10 Å². The van der Waals surface area contributed by atoms with E-state index in [0.29, 0.717) is 47.1 Å². The smallest absolute Gasteiger partial charge is 0.291 e. The van der Waals surface area contributed by atoms with Crippen LogP contribution in [0, 0.1) is 6.92 Å². The molecule has 1 aliphatic carbocycles. The molecule has 0 radical (unpaired) electrons. The maximum atomic E-state index is 13.0. The summed E-state index contributed by atoms with van der Waals surface area (Å²) in [7, 11) is 3.07. The number of nitrogens with zero attached hydrogens (tertiary/aromatic N) is 2. The first-order valence-corrected chi connectivity index (χ1v) is 10.5. The molecule has 9 nitrogen and oxygen atoms in total. The number of nitrogens with one attached hydrogen (secondary N) is 2. The molecule has 2 N–H and O–H groups in total. The molecule has 0 spiro atoms. The number of methoxy groups -OCH3 is 2. The second-order valence-electron chi connectivity index (χ2n) is 7.44. The largest absolute Gasteiger partial charge is 0.497 e. The molecule has 4 rings (SSSR count). The fraction of sp³-hybridized carbons (Fsp3) is 0.250. The monoisotopic (exact) mass is 448 g/mol. The van der Waals surface area contributed by atoms with Crippen molar-refractivity contribution in [2.45, 2.75) is 26.2 Å². The molecule has 2 aromatic heterocycles. The number of aromatic nitrogens is 1. The van der Waals surface area contributed by atoms with Crippen molar-refractivity contribution in [3.05, 3.63) is 70.9 Å². The lowest BCUT2D eigenvalue weighted by molar-refractivity contribution is 0.0948. The number of furan rings is 1. The van der Waals surface area contributed by atoms with E-state index in [1.165, 1.54) is 7.11 Å². The third-order valence-corrected chi connectivity index (χ3v) is 5.38. The van der Waals surface area contributed by atoms with Crippen molar-refractivity contribution in [1.29, 1.82) is 0 Å². The summed E-state index contributed by atoms with van der Waals surface area (Å²) in [6, 6.07) is 10.2. The molecule has 0 saturated heterocycles. The van der Waals surface area contributed by atoms with Gasteiger partial charge in [-0.3, -0.25) is 14.6 Å². The first-order valence-electron chi connectivity index (χ1n) is 10.5. The molecular formula is C24H24N4O5. The van der Waals surface area contributed by atoms with Gasteiger partial charge in [0.25, 0.3) is 11.8 Å². The zero-order valence-corrected chi connectivity index (χ0v) is 18.6. The fourth-order valence-corrected chi connectivity index (χ4v) is 3.75. The molecule has 2 heterocycles. The van der Waals surface area contributed by atoms with Crippen LogP contribution in [0.2, 0.25) is 0 Å². The average molecular weight is 448 g/mol. The number of fused-ring (bicyclic) bond motifs is 1. The number of anilines is 1. The van der Waals surface area contributed by atoms with E-state index in [9.17, 15) is 9.59 Å². The number of hydrogen-bond acceptors (Lipinski definition) is 7. The third kappa shape index (κ3) is 4.57. The van der Waals surface area contributed by atoms with Crippen LogP contribution in [0.1, 0.15) is 50.8 Å². The van der Waals surface area contributed by atoms with Crippen LogP contribution in [-0.4, -0.2) is 36.7 Å². The summed E-state index contributed by atoms with van der Waals surface area (Å²) >= 11 is 0. The highest BCUT2D eigenvalue weighted by molar-refractivity contribution is 6.09. The van der Waals surface area contributed by atoms with Crippen LogP contribution in [0.4, 0.5) is 5.69 Å². The molecule has 0 aliphatic heterocycles. The molecule has 0 unspecified atom stereocenters. The zero-order valence-electron chi connectivity index (χ0n) is 18.6. The van der Waals surface area contributed by atoms with E-state index in [1.54, 1.807) is 49.7 Å². The van der Waals surface area contributed by atoms with E-state index in [4.69, 9.17) is 13.9 Å². The summed E-state index contributed by atoms with van der Waals surface area (Å²) in [6.07, 6.45) is 3.68. The highest BCUT2D eigenvalue weighted by atomic mass is 16.5. The number of rotatable bonds is 6. The van der Waals surface area contributed by atoms with Crippen LogP contribution in [0.15, 0.2) is 52.1 Å². The molecule has 0 atom stereocenters. The SMILES string of the molecule is COc1ccc(NC(=O)c2oc3c(c2C)/C(=N/NC(=O)c2ccccn2)CCC3)c(OC)c1. The van der Waals surface area contributed by atoms with Gasteiger partial charge >= 0.3 is 0 Å². The highest BCUT2D eigenvalue weighted by Gasteiger charge is 2.28. The van der Waals surface area contributed by atoms with Crippen molar-refractivity contribution < 1.29 is 23.5 Å². The number of benzene rings is 1. The Morgan fingerprint density at radius 3 is 2.67 bits per heavy atom.